The summed E-state index contributed by atoms with van der Waals surface area (Å²) in [7, 11) is 0. The molecule has 3 atom stereocenters. The minimum Gasteiger partial charge on any atom is -0.481 e. The van der Waals surface area contributed by atoms with Crippen LogP contribution in [0.2, 0.25) is 0 Å². The number of carbonyl (C=O) groups is 6. The Bertz CT molecular complexity index is 1890. The Balaban J connectivity index is 0.000000238. The third kappa shape index (κ3) is 12.4. The quantitative estimate of drug-likeness (QED) is 0.112. The van der Waals surface area contributed by atoms with Crippen LogP contribution in [-0.4, -0.2) is 83.4 Å². The van der Waals surface area contributed by atoms with Gasteiger partial charge in [0.2, 0.25) is 0 Å². The molecule has 2 amide bonds. The monoisotopic (exact) mass is 768 g/mol. The molecule has 296 valence electrons. The van der Waals surface area contributed by atoms with Crippen LogP contribution >= 0.6 is 0 Å². The van der Waals surface area contributed by atoms with Crippen LogP contribution in [0, 0.1) is 5.92 Å². The van der Waals surface area contributed by atoms with Crippen LogP contribution in [0.25, 0.3) is 22.3 Å². The highest BCUT2D eigenvalue weighted by atomic mass is 16.6. The first kappa shape index (κ1) is 44.1. The molecule has 0 saturated carbocycles. The molecular weight excluding hydrogens is 720 g/mol. The van der Waals surface area contributed by atoms with E-state index < -0.39 is 42.3 Å². The number of aliphatic hydroxyl groups excluding tert-OH is 1. The Labute approximate surface area is 325 Å². The van der Waals surface area contributed by atoms with Crippen molar-refractivity contribution < 1.29 is 53.6 Å². The SMILES string of the molecule is CC(C)C(=O)O.C[C@@H](C=O)NC(=O)OCC1c2ccccc2-c2ccccc21.C[C@H](NC(=O)OCC1c2ccccc2-c2ccccc21)C(=O)O.C[C@H](O)C=O. The summed E-state index contributed by atoms with van der Waals surface area (Å²) in [6.45, 7) is 8.12. The van der Waals surface area contributed by atoms with Gasteiger partial charge in [-0.2, -0.15) is 0 Å². The van der Waals surface area contributed by atoms with Crippen molar-refractivity contribution in [2.24, 2.45) is 5.92 Å². The van der Waals surface area contributed by atoms with Gasteiger partial charge in [0.15, 0.2) is 0 Å². The van der Waals surface area contributed by atoms with E-state index in [-0.39, 0.29) is 31.0 Å². The first-order valence-corrected chi connectivity index (χ1v) is 18.0. The number of amides is 2. The zero-order valence-electron chi connectivity index (χ0n) is 31.9. The fraction of sp³-hybridized carbons (Fsp3) is 0.302. The van der Waals surface area contributed by atoms with E-state index in [9.17, 15) is 28.8 Å². The highest BCUT2D eigenvalue weighted by molar-refractivity contribution is 5.81. The van der Waals surface area contributed by atoms with Gasteiger partial charge in [-0.1, -0.05) is 111 Å². The number of aldehydes is 2. The molecule has 5 N–H and O–H groups in total. The van der Waals surface area contributed by atoms with E-state index in [2.05, 4.69) is 47.0 Å². The Morgan fingerprint density at radius 1 is 0.571 bits per heavy atom. The van der Waals surface area contributed by atoms with Gasteiger partial charge in [-0.05, 0) is 65.3 Å². The Kier molecular flexibility index (Phi) is 16.9. The van der Waals surface area contributed by atoms with Crippen molar-refractivity contribution in [2.75, 3.05) is 13.2 Å². The van der Waals surface area contributed by atoms with Crippen LogP contribution in [0.3, 0.4) is 0 Å². The van der Waals surface area contributed by atoms with E-state index in [0.717, 1.165) is 22.3 Å². The van der Waals surface area contributed by atoms with Gasteiger partial charge in [0.1, 0.15) is 37.9 Å². The molecule has 0 aromatic heterocycles. The van der Waals surface area contributed by atoms with Crippen LogP contribution in [0.4, 0.5) is 9.59 Å². The lowest BCUT2D eigenvalue weighted by Crippen LogP contribution is -2.39. The predicted molar refractivity (Wildman–Crippen MR) is 209 cm³/mol. The predicted octanol–water partition coefficient (Wildman–Crippen LogP) is 6.40. The molecule has 0 heterocycles. The molecule has 0 bridgehead atoms. The van der Waals surface area contributed by atoms with Crippen molar-refractivity contribution >= 4 is 36.7 Å². The minimum absolute atomic E-state index is 0.0321. The number of fused-ring (bicyclic) bond motifs is 6. The number of rotatable bonds is 10. The van der Waals surface area contributed by atoms with Gasteiger partial charge >= 0.3 is 24.1 Å². The highest BCUT2D eigenvalue weighted by Crippen LogP contribution is 2.45. The molecule has 0 unspecified atom stereocenters. The summed E-state index contributed by atoms with van der Waals surface area (Å²) in [5.41, 5.74) is 9.24. The van der Waals surface area contributed by atoms with Crippen LogP contribution in [0.15, 0.2) is 97.1 Å². The molecule has 4 aromatic rings. The van der Waals surface area contributed by atoms with E-state index >= 15 is 0 Å². The maximum Gasteiger partial charge on any atom is 0.407 e. The highest BCUT2D eigenvalue weighted by Gasteiger charge is 2.30. The van der Waals surface area contributed by atoms with Gasteiger partial charge in [0, 0.05) is 11.8 Å². The third-order valence-electron chi connectivity index (χ3n) is 8.63. The van der Waals surface area contributed by atoms with Gasteiger partial charge in [-0.3, -0.25) is 9.59 Å². The van der Waals surface area contributed by atoms with E-state index in [1.165, 1.54) is 36.1 Å². The lowest BCUT2D eigenvalue weighted by Gasteiger charge is -2.15. The summed E-state index contributed by atoms with van der Waals surface area (Å²) < 4.78 is 10.6. The molecule has 6 rings (SSSR count). The number of alkyl carbamates (subject to hydrolysis) is 2. The number of carbonyl (C=O) groups excluding carboxylic acids is 4. The summed E-state index contributed by atoms with van der Waals surface area (Å²) in [6, 6.07) is 30.9. The van der Waals surface area contributed by atoms with Crippen molar-refractivity contribution in [1.82, 2.24) is 10.6 Å². The number of carboxylic acid groups (broad SMARTS) is 2. The average molecular weight is 769 g/mol. The maximum absolute atomic E-state index is 11.7. The number of benzene rings is 4. The summed E-state index contributed by atoms with van der Waals surface area (Å²) in [5.74, 6) is -2.07. The first-order chi connectivity index (χ1) is 26.7. The van der Waals surface area contributed by atoms with Crippen molar-refractivity contribution in [1.29, 1.82) is 0 Å². The number of aliphatic carboxylic acids is 2. The van der Waals surface area contributed by atoms with Gasteiger partial charge in [-0.15, -0.1) is 0 Å². The number of carboxylic acids is 2. The Morgan fingerprint density at radius 3 is 1.14 bits per heavy atom. The van der Waals surface area contributed by atoms with Crippen molar-refractivity contribution in [3.8, 4) is 22.3 Å². The van der Waals surface area contributed by atoms with Gasteiger partial charge in [0.05, 0.1) is 12.0 Å². The molecule has 2 aliphatic rings. The Morgan fingerprint density at radius 2 is 0.875 bits per heavy atom. The van der Waals surface area contributed by atoms with E-state index in [1.54, 1.807) is 20.8 Å². The van der Waals surface area contributed by atoms with E-state index in [1.807, 2.05) is 60.7 Å². The molecule has 2 aliphatic carbocycles. The summed E-state index contributed by atoms with van der Waals surface area (Å²) in [4.78, 5) is 63.7. The molecule has 0 spiro atoms. The molecule has 0 radical (unpaired) electrons. The van der Waals surface area contributed by atoms with Crippen LogP contribution < -0.4 is 10.6 Å². The molecule has 13 nitrogen and oxygen atoms in total. The smallest absolute Gasteiger partial charge is 0.407 e. The molecule has 56 heavy (non-hydrogen) atoms. The zero-order chi connectivity index (χ0) is 41.4. The first-order valence-electron chi connectivity index (χ1n) is 18.0. The second-order valence-electron chi connectivity index (χ2n) is 13.3. The van der Waals surface area contributed by atoms with Crippen molar-refractivity contribution in [3.05, 3.63) is 119 Å². The molecule has 4 aromatic carbocycles. The molecule has 13 heteroatoms. The largest absolute Gasteiger partial charge is 0.481 e. The van der Waals surface area contributed by atoms with Gasteiger partial charge in [-0.25, -0.2) is 9.59 Å². The number of aliphatic hydroxyl groups is 1. The summed E-state index contributed by atoms with van der Waals surface area (Å²) in [6.07, 6.45) is -0.945. The fourth-order valence-electron chi connectivity index (χ4n) is 5.74. The second-order valence-corrected chi connectivity index (χ2v) is 13.3. The van der Waals surface area contributed by atoms with Gasteiger partial charge in [0.25, 0.3) is 0 Å². The Hall–Kier alpha value is -6.34. The van der Waals surface area contributed by atoms with Gasteiger partial charge < -0.3 is 45.0 Å². The number of nitrogens with one attached hydrogen (secondary N) is 2. The lowest BCUT2D eigenvalue weighted by atomic mass is 9.98. The lowest BCUT2D eigenvalue weighted by molar-refractivity contribution is -0.140. The van der Waals surface area contributed by atoms with Crippen LogP contribution in [0.5, 0.6) is 0 Å². The van der Waals surface area contributed by atoms with Crippen LogP contribution in [0.1, 0.15) is 68.7 Å². The molecule has 0 saturated heterocycles. The number of hydrogen-bond donors (Lipinski definition) is 5. The molecule has 0 aliphatic heterocycles. The standard InChI is InChI=1S/C18H17NO4.C18H17NO3.C4H8O2.C3H6O2/c1-11(17(20)21)19-18(22)23-10-16-14-8-4-2-6-12(14)13-7-3-5-9-15(13)16;1-12(10-20)19-18(21)22-11-17-15-8-4-2-6-13(15)14-7-3-5-9-16(14)17;1-3(2)4(5)6;1-3(5)2-4/h2-9,11,16H,10H2,1H3,(H,19,22)(H,20,21);2-10,12,17H,11H2,1H3,(H,19,21);3H,1-2H3,(H,5,6);2-3,5H,1H3/t11-;12-;;3-/m00.0/s1. The summed E-state index contributed by atoms with van der Waals surface area (Å²) >= 11 is 0. The van der Waals surface area contributed by atoms with E-state index in [4.69, 9.17) is 24.8 Å². The average Bonchev–Trinajstić information content (AvgIpc) is 3.69. The fourth-order valence-corrected chi connectivity index (χ4v) is 5.74. The number of ether oxygens (including phenoxy) is 2. The minimum atomic E-state index is -1.10. The molecule has 0 fully saturated rings. The zero-order valence-corrected chi connectivity index (χ0v) is 31.9. The maximum atomic E-state index is 11.7. The third-order valence-corrected chi connectivity index (χ3v) is 8.63. The number of hydrogen-bond acceptors (Lipinski definition) is 9. The second kappa shape index (κ2) is 21.5. The normalized spacial score (nSPS) is 13.3. The topological polar surface area (TPSA) is 206 Å². The van der Waals surface area contributed by atoms with Crippen molar-refractivity contribution in [3.63, 3.8) is 0 Å². The summed E-state index contributed by atoms with van der Waals surface area (Å²) in [5, 5.41) is 29.5. The van der Waals surface area contributed by atoms with Crippen molar-refractivity contribution in [2.45, 2.75) is 64.6 Å². The van der Waals surface area contributed by atoms with Crippen LogP contribution in [-0.2, 0) is 28.7 Å². The molecular formula is C43H48N2O11. The van der Waals surface area contributed by atoms with E-state index in [0.29, 0.717) is 12.6 Å².